The predicted octanol–water partition coefficient (Wildman–Crippen LogP) is 5.40. The summed E-state index contributed by atoms with van der Waals surface area (Å²) >= 11 is 0. The van der Waals surface area contributed by atoms with E-state index in [1.165, 1.54) is 5.56 Å². The largest absolute Gasteiger partial charge is 0.457 e. The second kappa shape index (κ2) is 8.64. The number of hydrogen-bond acceptors (Lipinski definition) is 3. The fourth-order valence-electron chi connectivity index (χ4n) is 3.83. The van der Waals surface area contributed by atoms with Gasteiger partial charge < -0.3 is 15.0 Å². The van der Waals surface area contributed by atoms with E-state index >= 15 is 0 Å². The molecule has 0 unspecified atom stereocenters. The topological polar surface area (TPSA) is 58.6 Å². The van der Waals surface area contributed by atoms with E-state index in [9.17, 15) is 9.59 Å². The molecule has 5 heteroatoms. The summed E-state index contributed by atoms with van der Waals surface area (Å²) < 4.78 is 5.83. The van der Waals surface area contributed by atoms with Crippen LogP contribution in [0.2, 0.25) is 0 Å². The van der Waals surface area contributed by atoms with Crippen LogP contribution in [0.15, 0.2) is 66.7 Å². The van der Waals surface area contributed by atoms with Crippen LogP contribution in [0.5, 0.6) is 11.5 Å². The van der Waals surface area contributed by atoms with Crippen molar-refractivity contribution in [1.29, 1.82) is 0 Å². The fraction of sp³-hybridized carbons (Fsp3) is 0.231. The second-order valence-corrected chi connectivity index (χ2v) is 8.18. The number of carbonyl (C=O) groups excluding carboxylic acids is 2. The van der Waals surface area contributed by atoms with Crippen molar-refractivity contribution < 1.29 is 14.3 Å². The Morgan fingerprint density at radius 2 is 1.45 bits per heavy atom. The Labute approximate surface area is 182 Å². The number of ether oxygens (including phenoxy) is 1. The number of aryl methyl sites for hydroxylation is 3. The predicted molar refractivity (Wildman–Crippen MR) is 123 cm³/mol. The molecule has 1 heterocycles. The normalized spacial score (nSPS) is 15.8. The average Bonchev–Trinajstić information content (AvgIpc) is 3.12. The Bertz CT molecular complexity index is 1080. The number of hydrogen-bond donors (Lipinski definition) is 1. The first kappa shape index (κ1) is 20.7. The van der Waals surface area contributed by atoms with Gasteiger partial charge in [0.15, 0.2) is 0 Å². The molecule has 3 aromatic rings. The zero-order valence-corrected chi connectivity index (χ0v) is 18.0. The van der Waals surface area contributed by atoms with Crippen molar-refractivity contribution in [3.63, 3.8) is 0 Å². The van der Waals surface area contributed by atoms with Crippen LogP contribution in [-0.2, 0) is 9.59 Å². The molecule has 1 N–H and O–H groups in total. The molecule has 0 saturated carbocycles. The maximum atomic E-state index is 12.8. The number of nitrogens with zero attached hydrogens (tertiary/aromatic N) is 1. The van der Waals surface area contributed by atoms with Gasteiger partial charge in [-0.05, 0) is 80.4 Å². The molecule has 3 aromatic carbocycles. The molecule has 1 saturated heterocycles. The molecule has 0 aliphatic carbocycles. The van der Waals surface area contributed by atoms with E-state index in [-0.39, 0.29) is 24.2 Å². The molecule has 0 spiro atoms. The van der Waals surface area contributed by atoms with Crippen molar-refractivity contribution in [3.8, 4) is 11.5 Å². The summed E-state index contributed by atoms with van der Waals surface area (Å²) in [6.45, 7) is 6.43. The minimum Gasteiger partial charge on any atom is -0.457 e. The number of anilines is 2. The third-order valence-corrected chi connectivity index (χ3v) is 5.39. The quantitative estimate of drug-likeness (QED) is 0.608. The van der Waals surface area contributed by atoms with Crippen molar-refractivity contribution in [2.75, 3.05) is 16.8 Å². The highest BCUT2D eigenvalue weighted by Crippen LogP contribution is 2.28. The first-order chi connectivity index (χ1) is 14.9. The third kappa shape index (κ3) is 4.94. The summed E-state index contributed by atoms with van der Waals surface area (Å²) in [6, 6.07) is 21.1. The molecular weight excluding hydrogens is 388 g/mol. The van der Waals surface area contributed by atoms with Crippen molar-refractivity contribution in [2.24, 2.45) is 5.92 Å². The fourth-order valence-corrected chi connectivity index (χ4v) is 3.83. The third-order valence-electron chi connectivity index (χ3n) is 5.39. The van der Waals surface area contributed by atoms with Gasteiger partial charge in [-0.3, -0.25) is 9.59 Å². The zero-order chi connectivity index (χ0) is 22.0. The van der Waals surface area contributed by atoms with Crippen molar-refractivity contribution in [2.45, 2.75) is 27.2 Å². The maximum absolute atomic E-state index is 12.8. The molecule has 0 aromatic heterocycles. The highest BCUT2D eigenvalue weighted by molar-refractivity contribution is 6.03. The van der Waals surface area contributed by atoms with E-state index < -0.39 is 0 Å². The molecule has 1 atom stereocenters. The lowest BCUT2D eigenvalue weighted by molar-refractivity contribution is -0.122. The van der Waals surface area contributed by atoms with E-state index in [1.54, 1.807) is 17.0 Å². The van der Waals surface area contributed by atoms with Gasteiger partial charge in [0.05, 0.1) is 5.92 Å². The van der Waals surface area contributed by atoms with Crippen molar-refractivity contribution in [3.05, 3.63) is 83.4 Å². The highest BCUT2D eigenvalue weighted by atomic mass is 16.5. The van der Waals surface area contributed by atoms with Crippen LogP contribution in [0.3, 0.4) is 0 Å². The van der Waals surface area contributed by atoms with Gasteiger partial charge in [-0.1, -0.05) is 23.8 Å². The van der Waals surface area contributed by atoms with Crippen LogP contribution in [0, 0.1) is 26.7 Å². The van der Waals surface area contributed by atoms with E-state index in [4.69, 9.17) is 4.74 Å². The Morgan fingerprint density at radius 1 is 0.871 bits per heavy atom. The average molecular weight is 415 g/mol. The molecule has 0 bridgehead atoms. The smallest absolute Gasteiger partial charge is 0.229 e. The van der Waals surface area contributed by atoms with Gasteiger partial charge in [-0.25, -0.2) is 0 Å². The molecular formula is C26H26N2O3. The first-order valence-corrected chi connectivity index (χ1v) is 10.4. The van der Waals surface area contributed by atoms with E-state index in [1.807, 2.05) is 69.3 Å². The number of amides is 2. The van der Waals surface area contributed by atoms with Crippen LogP contribution in [0.4, 0.5) is 11.4 Å². The van der Waals surface area contributed by atoms with Gasteiger partial charge in [0, 0.05) is 24.3 Å². The number of rotatable bonds is 5. The zero-order valence-electron chi connectivity index (χ0n) is 18.0. The lowest BCUT2D eigenvalue weighted by Gasteiger charge is -2.18. The van der Waals surface area contributed by atoms with Gasteiger partial charge in [-0.15, -0.1) is 0 Å². The SMILES string of the molecule is Cc1ccc(Oc2ccc(NC(=O)[C@@H]3CC(=O)N(c4cc(C)cc(C)c4)C3)cc2)cc1. The van der Waals surface area contributed by atoms with Crippen LogP contribution < -0.4 is 15.0 Å². The summed E-state index contributed by atoms with van der Waals surface area (Å²) in [5.41, 5.74) is 4.91. The second-order valence-electron chi connectivity index (χ2n) is 8.18. The Hall–Kier alpha value is -3.60. The minimum atomic E-state index is -0.378. The van der Waals surface area contributed by atoms with Crippen LogP contribution in [0.25, 0.3) is 0 Å². The molecule has 1 aliphatic heterocycles. The molecule has 158 valence electrons. The summed E-state index contributed by atoms with van der Waals surface area (Å²) in [4.78, 5) is 27.0. The summed E-state index contributed by atoms with van der Waals surface area (Å²) in [5.74, 6) is 0.911. The van der Waals surface area contributed by atoms with Crippen LogP contribution in [-0.4, -0.2) is 18.4 Å². The molecule has 2 amide bonds. The lowest BCUT2D eigenvalue weighted by Crippen LogP contribution is -2.28. The van der Waals surface area contributed by atoms with E-state index in [0.29, 0.717) is 18.0 Å². The Morgan fingerprint density at radius 3 is 2.06 bits per heavy atom. The number of nitrogens with one attached hydrogen (secondary N) is 1. The summed E-state index contributed by atoms with van der Waals surface area (Å²) in [6.07, 6.45) is 0.216. The number of carbonyl (C=O) groups is 2. The van der Waals surface area contributed by atoms with Gasteiger partial charge in [0.25, 0.3) is 0 Å². The highest BCUT2D eigenvalue weighted by Gasteiger charge is 2.35. The lowest BCUT2D eigenvalue weighted by atomic mass is 10.1. The van der Waals surface area contributed by atoms with Gasteiger partial charge in [0.2, 0.25) is 11.8 Å². The molecule has 1 aliphatic rings. The Kier molecular flexibility index (Phi) is 5.76. The maximum Gasteiger partial charge on any atom is 0.229 e. The van der Waals surface area contributed by atoms with Crippen molar-refractivity contribution in [1.82, 2.24) is 0 Å². The van der Waals surface area contributed by atoms with Gasteiger partial charge >= 0.3 is 0 Å². The standard InChI is InChI=1S/C26H26N2O3/c1-17-4-8-23(9-5-17)31-24-10-6-21(7-11-24)27-26(30)20-15-25(29)28(16-20)22-13-18(2)12-19(3)14-22/h4-14,20H,15-16H2,1-3H3,(H,27,30)/t20-/m1/s1. The molecule has 4 rings (SSSR count). The van der Waals surface area contributed by atoms with Crippen LogP contribution >= 0.6 is 0 Å². The van der Waals surface area contributed by atoms with Crippen LogP contribution in [0.1, 0.15) is 23.1 Å². The van der Waals surface area contributed by atoms with Gasteiger partial charge in [-0.2, -0.15) is 0 Å². The molecule has 5 nitrogen and oxygen atoms in total. The first-order valence-electron chi connectivity index (χ1n) is 10.4. The Balaban J connectivity index is 1.38. The molecule has 0 radical (unpaired) electrons. The summed E-state index contributed by atoms with van der Waals surface area (Å²) in [5, 5.41) is 2.92. The van der Waals surface area contributed by atoms with E-state index in [2.05, 4.69) is 11.4 Å². The molecule has 1 fully saturated rings. The molecule has 31 heavy (non-hydrogen) atoms. The van der Waals surface area contributed by atoms with Crippen molar-refractivity contribution >= 4 is 23.2 Å². The monoisotopic (exact) mass is 414 g/mol. The number of benzene rings is 3. The summed E-state index contributed by atoms with van der Waals surface area (Å²) in [7, 11) is 0. The van der Waals surface area contributed by atoms with E-state index in [0.717, 1.165) is 22.6 Å². The minimum absolute atomic E-state index is 0.0213. The van der Waals surface area contributed by atoms with Gasteiger partial charge in [0.1, 0.15) is 11.5 Å².